The van der Waals surface area contributed by atoms with Crippen LogP contribution in [0.3, 0.4) is 0 Å². The Morgan fingerprint density at radius 3 is 2.87 bits per heavy atom. The van der Waals surface area contributed by atoms with Crippen LogP contribution < -0.4 is 0 Å². The lowest BCUT2D eigenvalue weighted by atomic mass is 9.61. The molecule has 0 aliphatic heterocycles. The fourth-order valence-electron chi connectivity index (χ4n) is 7.04. The Balaban J connectivity index is 1.42. The molecule has 0 bridgehead atoms. The summed E-state index contributed by atoms with van der Waals surface area (Å²) in [6, 6.07) is 10.6. The SMILES string of the molecule is CC12CC(O)C3=C(CCC4CCC(O)CC4=C3)C1CC=C2c1cccc2ncccc12. The molecule has 6 rings (SSSR count). The highest BCUT2D eigenvalue weighted by Crippen LogP contribution is 2.60. The van der Waals surface area contributed by atoms with E-state index in [1.807, 2.05) is 12.3 Å². The molecule has 1 aromatic carbocycles. The monoisotopic (exact) mass is 413 g/mol. The fourth-order valence-corrected chi connectivity index (χ4v) is 7.04. The Bertz CT molecular complexity index is 1140. The zero-order chi connectivity index (χ0) is 21.2. The minimum Gasteiger partial charge on any atom is -0.393 e. The van der Waals surface area contributed by atoms with Gasteiger partial charge in [-0.15, -0.1) is 0 Å². The first-order valence-corrected chi connectivity index (χ1v) is 11.9. The van der Waals surface area contributed by atoms with Gasteiger partial charge < -0.3 is 10.2 Å². The molecular formula is C28H31NO2. The number of aliphatic hydroxyl groups excluding tert-OH is 2. The molecule has 0 saturated heterocycles. The fraction of sp³-hybridized carbons (Fsp3) is 0.464. The third-order valence-corrected chi connectivity index (χ3v) is 8.59. The molecule has 0 radical (unpaired) electrons. The number of rotatable bonds is 1. The van der Waals surface area contributed by atoms with Crippen molar-refractivity contribution in [3.63, 3.8) is 0 Å². The molecule has 4 aliphatic rings. The Hall–Kier alpha value is -2.23. The quantitative estimate of drug-likeness (QED) is 0.641. The maximum Gasteiger partial charge on any atom is 0.0798 e. The van der Waals surface area contributed by atoms with Crippen molar-refractivity contribution >= 4 is 16.5 Å². The molecule has 1 fully saturated rings. The summed E-state index contributed by atoms with van der Waals surface area (Å²) in [5, 5.41) is 22.8. The van der Waals surface area contributed by atoms with E-state index < -0.39 is 6.10 Å². The van der Waals surface area contributed by atoms with Crippen LogP contribution in [0.4, 0.5) is 0 Å². The molecule has 5 unspecified atom stereocenters. The molecule has 3 heteroatoms. The number of hydrogen-bond donors (Lipinski definition) is 2. The third kappa shape index (κ3) is 2.97. The van der Waals surface area contributed by atoms with Crippen LogP contribution in [0.5, 0.6) is 0 Å². The van der Waals surface area contributed by atoms with Crippen LogP contribution in [0.1, 0.15) is 57.4 Å². The van der Waals surface area contributed by atoms with Gasteiger partial charge in [0.15, 0.2) is 0 Å². The van der Waals surface area contributed by atoms with Crippen molar-refractivity contribution in [2.45, 2.75) is 64.1 Å². The second-order valence-corrected chi connectivity index (χ2v) is 10.3. The van der Waals surface area contributed by atoms with Crippen LogP contribution >= 0.6 is 0 Å². The number of fused-ring (bicyclic) bond motifs is 4. The summed E-state index contributed by atoms with van der Waals surface area (Å²) < 4.78 is 0. The lowest BCUT2D eigenvalue weighted by Crippen LogP contribution is -2.37. The number of nitrogens with zero attached hydrogens (tertiary/aromatic N) is 1. The summed E-state index contributed by atoms with van der Waals surface area (Å²) in [6.45, 7) is 2.37. The Labute approximate surface area is 184 Å². The standard InChI is InChI=1S/C28H31NO2/c1-28-16-27(31)23-15-18-14-19(30)9-7-17(18)8-10-21(23)25(28)12-11-24(28)20-4-2-6-26-22(20)5-3-13-29-26/h2-6,11,13,15,17,19,25,27,30-31H,7-10,12,14,16H2,1H3. The number of aromatic nitrogens is 1. The largest absolute Gasteiger partial charge is 0.393 e. The molecule has 2 aromatic rings. The van der Waals surface area contributed by atoms with E-state index in [2.05, 4.69) is 48.3 Å². The van der Waals surface area contributed by atoms with E-state index in [1.54, 1.807) is 0 Å². The minimum absolute atomic E-state index is 0.0596. The zero-order valence-electron chi connectivity index (χ0n) is 18.2. The third-order valence-electron chi connectivity index (χ3n) is 8.59. The highest BCUT2D eigenvalue weighted by molar-refractivity contribution is 5.93. The summed E-state index contributed by atoms with van der Waals surface area (Å²) in [5.74, 6) is 1.03. The van der Waals surface area contributed by atoms with Gasteiger partial charge in [0, 0.05) is 17.0 Å². The van der Waals surface area contributed by atoms with Gasteiger partial charge in [0.05, 0.1) is 17.7 Å². The molecule has 5 atom stereocenters. The molecule has 160 valence electrons. The first-order chi connectivity index (χ1) is 15.0. The van der Waals surface area contributed by atoms with Crippen molar-refractivity contribution in [2.24, 2.45) is 17.3 Å². The highest BCUT2D eigenvalue weighted by Gasteiger charge is 2.49. The Morgan fingerprint density at radius 1 is 1.06 bits per heavy atom. The second kappa shape index (κ2) is 7.15. The average Bonchev–Trinajstić information content (AvgIpc) is 2.98. The lowest BCUT2D eigenvalue weighted by Gasteiger charge is -2.44. The van der Waals surface area contributed by atoms with Crippen LogP contribution in [-0.2, 0) is 0 Å². The predicted octanol–water partition coefficient (Wildman–Crippen LogP) is 5.59. The van der Waals surface area contributed by atoms with Crippen molar-refractivity contribution in [3.8, 4) is 0 Å². The van der Waals surface area contributed by atoms with Crippen molar-refractivity contribution in [3.05, 3.63) is 71.0 Å². The number of pyridine rings is 1. The van der Waals surface area contributed by atoms with Gasteiger partial charge >= 0.3 is 0 Å². The summed E-state index contributed by atoms with van der Waals surface area (Å²) in [4.78, 5) is 4.57. The number of aliphatic hydroxyl groups is 2. The summed E-state index contributed by atoms with van der Waals surface area (Å²) >= 11 is 0. The molecule has 1 heterocycles. The molecule has 1 saturated carbocycles. The maximum absolute atomic E-state index is 11.4. The van der Waals surface area contributed by atoms with Crippen LogP contribution in [0.15, 0.2) is 65.4 Å². The maximum atomic E-state index is 11.4. The normalized spacial score (nSPS) is 35.1. The van der Waals surface area contributed by atoms with E-state index in [1.165, 1.54) is 33.2 Å². The smallest absolute Gasteiger partial charge is 0.0798 e. The van der Waals surface area contributed by atoms with Crippen molar-refractivity contribution in [1.29, 1.82) is 0 Å². The molecule has 3 nitrogen and oxygen atoms in total. The summed E-state index contributed by atoms with van der Waals surface area (Å²) in [5.41, 5.74) is 7.65. The van der Waals surface area contributed by atoms with Gasteiger partial charge in [0.2, 0.25) is 0 Å². The van der Waals surface area contributed by atoms with Gasteiger partial charge in [-0.1, -0.05) is 48.4 Å². The molecule has 1 aromatic heterocycles. The van der Waals surface area contributed by atoms with Crippen molar-refractivity contribution in [2.75, 3.05) is 0 Å². The number of allylic oxidation sites excluding steroid dienone is 3. The van der Waals surface area contributed by atoms with Crippen LogP contribution in [-0.4, -0.2) is 27.4 Å². The van der Waals surface area contributed by atoms with E-state index in [0.29, 0.717) is 11.8 Å². The molecule has 0 spiro atoms. The molecule has 0 amide bonds. The minimum atomic E-state index is -0.434. The lowest BCUT2D eigenvalue weighted by molar-refractivity contribution is 0.124. The molecule has 2 N–H and O–H groups in total. The van der Waals surface area contributed by atoms with Gasteiger partial charge in [0.1, 0.15) is 0 Å². The first-order valence-electron chi connectivity index (χ1n) is 11.9. The molecular weight excluding hydrogens is 382 g/mol. The predicted molar refractivity (Wildman–Crippen MR) is 124 cm³/mol. The van der Waals surface area contributed by atoms with Crippen LogP contribution in [0.25, 0.3) is 16.5 Å². The molecule has 31 heavy (non-hydrogen) atoms. The topological polar surface area (TPSA) is 53.4 Å². The average molecular weight is 414 g/mol. The highest BCUT2D eigenvalue weighted by atomic mass is 16.3. The molecule has 4 aliphatic carbocycles. The van der Waals surface area contributed by atoms with Gasteiger partial charge in [-0.25, -0.2) is 0 Å². The van der Waals surface area contributed by atoms with E-state index in [-0.39, 0.29) is 11.5 Å². The van der Waals surface area contributed by atoms with Crippen molar-refractivity contribution < 1.29 is 10.2 Å². The van der Waals surface area contributed by atoms with Gasteiger partial charge in [0.25, 0.3) is 0 Å². The van der Waals surface area contributed by atoms with E-state index in [9.17, 15) is 10.2 Å². The van der Waals surface area contributed by atoms with Crippen molar-refractivity contribution in [1.82, 2.24) is 4.98 Å². The first kappa shape index (κ1) is 19.5. The summed E-state index contributed by atoms with van der Waals surface area (Å²) in [6.07, 6.45) is 12.8. The second-order valence-electron chi connectivity index (χ2n) is 10.3. The Kier molecular flexibility index (Phi) is 4.49. The van der Waals surface area contributed by atoms with Gasteiger partial charge in [-0.2, -0.15) is 0 Å². The van der Waals surface area contributed by atoms with E-state index in [0.717, 1.165) is 50.5 Å². The van der Waals surface area contributed by atoms with E-state index >= 15 is 0 Å². The zero-order valence-corrected chi connectivity index (χ0v) is 18.2. The van der Waals surface area contributed by atoms with Crippen LogP contribution in [0, 0.1) is 17.3 Å². The Morgan fingerprint density at radius 2 is 1.97 bits per heavy atom. The van der Waals surface area contributed by atoms with E-state index in [4.69, 9.17) is 0 Å². The van der Waals surface area contributed by atoms with Gasteiger partial charge in [-0.3, -0.25) is 4.98 Å². The number of benzene rings is 1. The number of hydrogen-bond acceptors (Lipinski definition) is 3. The van der Waals surface area contributed by atoms with Crippen LogP contribution in [0.2, 0.25) is 0 Å². The summed E-state index contributed by atoms with van der Waals surface area (Å²) in [7, 11) is 0. The van der Waals surface area contributed by atoms with Gasteiger partial charge in [-0.05, 0) is 85.6 Å².